The number of nitrogens with one attached hydrogen (secondary N) is 1. The molecule has 3 heterocycles. The van der Waals surface area contributed by atoms with Crippen molar-refractivity contribution in [2.75, 3.05) is 24.7 Å². The number of likely N-dealkylation sites (tertiary alicyclic amines) is 1. The van der Waals surface area contributed by atoms with Gasteiger partial charge < -0.3 is 19.4 Å². The Balaban J connectivity index is 1.51. The van der Waals surface area contributed by atoms with Crippen LogP contribution in [0.1, 0.15) is 45.2 Å². The molecule has 0 spiro atoms. The number of benzene rings is 1. The molecule has 0 radical (unpaired) electrons. The van der Waals surface area contributed by atoms with Gasteiger partial charge in [-0.15, -0.1) is 0 Å². The van der Waals surface area contributed by atoms with E-state index in [1.54, 1.807) is 11.0 Å². The first-order valence-corrected chi connectivity index (χ1v) is 13.0. The summed E-state index contributed by atoms with van der Waals surface area (Å²) < 4.78 is 45.4. The number of anilines is 2. The van der Waals surface area contributed by atoms with Gasteiger partial charge in [-0.3, -0.25) is 0 Å². The van der Waals surface area contributed by atoms with Gasteiger partial charge in [-0.25, -0.2) is 22.6 Å². The van der Waals surface area contributed by atoms with Crippen LogP contribution in [-0.2, 0) is 14.6 Å². The van der Waals surface area contributed by atoms with Crippen molar-refractivity contribution in [3.8, 4) is 0 Å². The maximum Gasteiger partial charge on any atom is 0.410 e. The standard InChI is InChI=1S/C24H29FN4O4S/c1-24(2,3)33-23(30)28-12-9-16(10-13-28)21-15-26-22-20(6-5-11-29(21)22)27-19-8-7-17(14-18(19)25)34(4,31)32/h5-8,11,14-16,27H,9-10,12-13H2,1-4H3. The van der Waals surface area contributed by atoms with E-state index < -0.39 is 21.3 Å². The predicted molar refractivity (Wildman–Crippen MR) is 128 cm³/mol. The molecule has 1 aromatic carbocycles. The molecule has 2 aromatic heterocycles. The summed E-state index contributed by atoms with van der Waals surface area (Å²) in [5.74, 6) is -0.444. The van der Waals surface area contributed by atoms with Crippen molar-refractivity contribution in [1.82, 2.24) is 14.3 Å². The topological polar surface area (TPSA) is 93.0 Å². The van der Waals surface area contributed by atoms with E-state index in [0.717, 1.165) is 30.9 Å². The number of sulfone groups is 1. The van der Waals surface area contributed by atoms with Crippen LogP contribution in [0.4, 0.5) is 20.6 Å². The third-order valence-electron chi connectivity index (χ3n) is 5.77. The fourth-order valence-electron chi connectivity index (χ4n) is 4.09. The van der Waals surface area contributed by atoms with E-state index in [4.69, 9.17) is 4.74 Å². The summed E-state index contributed by atoms with van der Waals surface area (Å²) in [4.78, 5) is 18.6. The third kappa shape index (κ3) is 5.16. The summed E-state index contributed by atoms with van der Waals surface area (Å²) in [7, 11) is -3.49. The fourth-order valence-corrected chi connectivity index (χ4v) is 4.72. The van der Waals surface area contributed by atoms with Crippen LogP contribution in [0.25, 0.3) is 5.65 Å². The Morgan fingerprint density at radius 1 is 1.18 bits per heavy atom. The SMILES string of the molecule is CC(C)(C)OC(=O)N1CCC(c2cnc3c(Nc4ccc(S(C)(=O)=O)cc4F)cccn23)CC1. The highest BCUT2D eigenvalue weighted by Gasteiger charge is 2.29. The van der Waals surface area contributed by atoms with Crippen LogP contribution in [0.2, 0.25) is 0 Å². The molecular formula is C24H29FN4O4S. The van der Waals surface area contributed by atoms with Crippen LogP contribution in [-0.4, -0.2) is 53.7 Å². The number of ether oxygens (including phenoxy) is 1. The molecule has 3 aromatic rings. The smallest absolute Gasteiger partial charge is 0.410 e. The van der Waals surface area contributed by atoms with Crippen molar-refractivity contribution >= 4 is 33.0 Å². The minimum atomic E-state index is -3.49. The lowest BCUT2D eigenvalue weighted by Crippen LogP contribution is -2.41. The second kappa shape index (κ2) is 8.90. The van der Waals surface area contributed by atoms with Crippen molar-refractivity contribution in [3.05, 3.63) is 54.2 Å². The normalized spacial score (nSPS) is 15.5. The number of nitrogens with zero attached hydrogens (tertiary/aromatic N) is 3. The van der Waals surface area contributed by atoms with Crippen molar-refractivity contribution in [3.63, 3.8) is 0 Å². The second-order valence-corrected chi connectivity index (χ2v) is 11.6. The molecule has 1 amide bonds. The van der Waals surface area contributed by atoms with Crippen molar-refractivity contribution in [2.24, 2.45) is 0 Å². The van der Waals surface area contributed by atoms with Gasteiger partial charge in [-0.05, 0) is 63.9 Å². The minimum Gasteiger partial charge on any atom is -0.444 e. The van der Waals surface area contributed by atoms with Crippen LogP contribution in [0.5, 0.6) is 0 Å². The molecule has 0 bridgehead atoms. The molecule has 0 atom stereocenters. The maximum atomic E-state index is 14.6. The molecule has 0 aliphatic carbocycles. The van der Waals surface area contributed by atoms with Crippen LogP contribution < -0.4 is 5.32 Å². The zero-order valence-corrected chi connectivity index (χ0v) is 20.5. The Bertz CT molecular complexity index is 1320. The number of halogens is 1. The van der Waals surface area contributed by atoms with E-state index in [2.05, 4.69) is 10.3 Å². The average molecular weight is 489 g/mol. The lowest BCUT2D eigenvalue weighted by atomic mass is 9.94. The summed E-state index contributed by atoms with van der Waals surface area (Å²) >= 11 is 0. The van der Waals surface area contributed by atoms with E-state index in [9.17, 15) is 17.6 Å². The fraction of sp³-hybridized carbons (Fsp3) is 0.417. The number of rotatable bonds is 4. The number of amides is 1. The van der Waals surface area contributed by atoms with Crippen molar-refractivity contribution in [2.45, 2.75) is 50.0 Å². The van der Waals surface area contributed by atoms with Crippen molar-refractivity contribution in [1.29, 1.82) is 0 Å². The Kier molecular flexibility index (Phi) is 6.28. The second-order valence-electron chi connectivity index (χ2n) is 9.58. The van der Waals surface area contributed by atoms with E-state index >= 15 is 0 Å². The van der Waals surface area contributed by atoms with Gasteiger partial charge in [0, 0.05) is 43.4 Å². The zero-order chi connectivity index (χ0) is 24.7. The summed E-state index contributed by atoms with van der Waals surface area (Å²) in [6.07, 6.45) is 6.04. The van der Waals surface area contributed by atoms with E-state index in [-0.39, 0.29) is 22.6 Å². The Labute approximate surface area is 198 Å². The van der Waals surface area contributed by atoms with Gasteiger partial charge in [-0.1, -0.05) is 0 Å². The van der Waals surface area contributed by atoms with Gasteiger partial charge in [0.15, 0.2) is 15.5 Å². The number of imidazole rings is 1. The number of piperidine rings is 1. The van der Waals surface area contributed by atoms with E-state index in [0.29, 0.717) is 24.4 Å². The van der Waals surface area contributed by atoms with Gasteiger partial charge in [-0.2, -0.15) is 0 Å². The number of aromatic nitrogens is 2. The molecule has 0 saturated carbocycles. The van der Waals surface area contributed by atoms with Gasteiger partial charge in [0.2, 0.25) is 0 Å². The first-order valence-electron chi connectivity index (χ1n) is 11.1. The number of carbonyl (C=O) groups excluding carboxylic acids is 1. The van der Waals surface area contributed by atoms with Crippen LogP contribution >= 0.6 is 0 Å². The van der Waals surface area contributed by atoms with Crippen LogP contribution in [0.3, 0.4) is 0 Å². The first-order chi connectivity index (χ1) is 15.9. The summed E-state index contributed by atoms with van der Waals surface area (Å²) in [5, 5.41) is 3.03. The highest BCUT2D eigenvalue weighted by molar-refractivity contribution is 7.90. The Morgan fingerprint density at radius 2 is 1.88 bits per heavy atom. The molecule has 1 fully saturated rings. The molecular weight excluding hydrogens is 459 g/mol. The van der Waals surface area contributed by atoms with E-state index in [1.807, 2.05) is 43.6 Å². The predicted octanol–water partition coefficient (Wildman–Crippen LogP) is 4.74. The molecule has 0 unspecified atom stereocenters. The molecule has 4 rings (SSSR count). The molecule has 1 saturated heterocycles. The number of hydrogen-bond acceptors (Lipinski definition) is 6. The third-order valence-corrected chi connectivity index (χ3v) is 6.88. The summed E-state index contributed by atoms with van der Waals surface area (Å²) in [6.45, 7) is 6.76. The summed E-state index contributed by atoms with van der Waals surface area (Å²) in [6, 6.07) is 7.43. The maximum absolute atomic E-state index is 14.6. The first kappa shape index (κ1) is 24.0. The largest absolute Gasteiger partial charge is 0.444 e. The number of carbonyl (C=O) groups is 1. The monoisotopic (exact) mass is 488 g/mol. The van der Waals surface area contributed by atoms with Crippen LogP contribution in [0.15, 0.2) is 47.6 Å². The molecule has 10 heteroatoms. The summed E-state index contributed by atoms with van der Waals surface area (Å²) in [5.41, 5.74) is 1.90. The quantitative estimate of drug-likeness (QED) is 0.571. The highest BCUT2D eigenvalue weighted by Crippen LogP contribution is 2.32. The van der Waals surface area contributed by atoms with Gasteiger partial charge in [0.05, 0.1) is 16.3 Å². The van der Waals surface area contributed by atoms with Gasteiger partial charge in [0.1, 0.15) is 11.4 Å². The van der Waals surface area contributed by atoms with Crippen molar-refractivity contribution < 1.29 is 22.3 Å². The van der Waals surface area contributed by atoms with E-state index in [1.165, 1.54) is 12.1 Å². The molecule has 1 N–H and O–H groups in total. The lowest BCUT2D eigenvalue weighted by molar-refractivity contribution is 0.0204. The molecule has 8 nitrogen and oxygen atoms in total. The number of pyridine rings is 1. The molecule has 1 aliphatic heterocycles. The Hall–Kier alpha value is -3.14. The highest BCUT2D eigenvalue weighted by atomic mass is 32.2. The zero-order valence-electron chi connectivity index (χ0n) is 19.7. The molecule has 182 valence electrons. The van der Waals surface area contributed by atoms with Gasteiger partial charge >= 0.3 is 6.09 Å². The average Bonchev–Trinajstić information content (AvgIpc) is 3.18. The van der Waals surface area contributed by atoms with Crippen LogP contribution in [0, 0.1) is 5.82 Å². The minimum absolute atomic E-state index is 0.0745. The number of hydrogen-bond donors (Lipinski definition) is 1. The Morgan fingerprint density at radius 3 is 2.50 bits per heavy atom. The molecule has 34 heavy (non-hydrogen) atoms. The number of fused-ring (bicyclic) bond motifs is 1. The lowest BCUT2D eigenvalue weighted by Gasteiger charge is -2.33. The van der Waals surface area contributed by atoms with Gasteiger partial charge in [0.25, 0.3) is 0 Å². The molecule has 1 aliphatic rings.